The van der Waals surface area contributed by atoms with Crippen LogP contribution in [0.1, 0.15) is 60.3 Å². The molecule has 0 aromatic heterocycles. The maximum Gasteiger partial charge on any atom is 0.0224 e. The van der Waals surface area contributed by atoms with Gasteiger partial charge in [-0.15, -0.1) is 0 Å². The topological polar surface area (TPSA) is 15.3 Å². The van der Waals surface area contributed by atoms with Crippen LogP contribution in [-0.2, 0) is 0 Å². The lowest BCUT2D eigenvalue weighted by Crippen LogP contribution is -2.63. The standard InChI is InChI=1S/C14H30N2/c1-6-12-11-16(13(7-2)10-15-12)14(5,8-3)9-4/h12-13,15H,6-11H2,1-5H3. The second kappa shape index (κ2) is 6.02. The normalized spacial score (nSPS) is 28.3. The Hall–Kier alpha value is -0.0800. The van der Waals surface area contributed by atoms with Crippen LogP contribution in [0.5, 0.6) is 0 Å². The van der Waals surface area contributed by atoms with E-state index < -0.39 is 0 Å². The summed E-state index contributed by atoms with van der Waals surface area (Å²) in [6, 6.07) is 1.42. The lowest BCUT2D eigenvalue weighted by molar-refractivity contribution is 0.0121. The van der Waals surface area contributed by atoms with Gasteiger partial charge in [-0.3, -0.25) is 4.90 Å². The summed E-state index contributed by atoms with van der Waals surface area (Å²) >= 11 is 0. The van der Waals surface area contributed by atoms with Crippen LogP contribution in [0.25, 0.3) is 0 Å². The van der Waals surface area contributed by atoms with Gasteiger partial charge in [-0.05, 0) is 32.6 Å². The van der Waals surface area contributed by atoms with E-state index in [9.17, 15) is 0 Å². The summed E-state index contributed by atoms with van der Waals surface area (Å²) in [7, 11) is 0. The predicted molar refractivity (Wildman–Crippen MR) is 71.9 cm³/mol. The number of nitrogens with zero attached hydrogens (tertiary/aromatic N) is 1. The van der Waals surface area contributed by atoms with Gasteiger partial charge in [-0.2, -0.15) is 0 Å². The zero-order chi connectivity index (χ0) is 12.2. The van der Waals surface area contributed by atoms with Crippen LogP contribution in [0.15, 0.2) is 0 Å². The van der Waals surface area contributed by atoms with Crippen molar-refractivity contribution in [2.45, 2.75) is 77.9 Å². The highest BCUT2D eigenvalue weighted by atomic mass is 15.3. The molecule has 1 aliphatic rings. The molecule has 16 heavy (non-hydrogen) atoms. The smallest absolute Gasteiger partial charge is 0.0224 e. The highest BCUT2D eigenvalue weighted by molar-refractivity contribution is 4.94. The third-order valence-electron chi connectivity index (χ3n) is 4.68. The first-order valence-corrected chi connectivity index (χ1v) is 7.11. The molecule has 1 saturated heterocycles. The Balaban J connectivity index is 2.78. The van der Waals surface area contributed by atoms with Crippen molar-refractivity contribution in [2.75, 3.05) is 13.1 Å². The van der Waals surface area contributed by atoms with Gasteiger partial charge in [0.2, 0.25) is 0 Å². The second-order valence-corrected chi connectivity index (χ2v) is 5.43. The first-order chi connectivity index (χ1) is 7.61. The van der Waals surface area contributed by atoms with Gasteiger partial charge in [-0.25, -0.2) is 0 Å². The molecule has 0 aromatic rings. The van der Waals surface area contributed by atoms with Gasteiger partial charge in [0.15, 0.2) is 0 Å². The average molecular weight is 226 g/mol. The van der Waals surface area contributed by atoms with Gasteiger partial charge in [0.1, 0.15) is 0 Å². The number of hydrogen-bond acceptors (Lipinski definition) is 2. The summed E-state index contributed by atoms with van der Waals surface area (Å²) in [6.45, 7) is 14.1. The molecule has 1 rings (SSSR count). The maximum atomic E-state index is 3.68. The zero-order valence-corrected chi connectivity index (χ0v) is 11.8. The van der Waals surface area contributed by atoms with Crippen molar-refractivity contribution >= 4 is 0 Å². The fourth-order valence-corrected chi connectivity index (χ4v) is 2.82. The number of nitrogens with one attached hydrogen (secondary N) is 1. The van der Waals surface area contributed by atoms with Crippen molar-refractivity contribution in [3.8, 4) is 0 Å². The molecule has 0 saturated carbocycles. The van der Waals surface area contributed by atoms with Gasteiger partial charge in [0, 0.05) is 30.7 Å². The van der Waals surface area contributed by atoms with E-state index in [4.69, 9.17) is 0 Å². The Morgan fingerprint density at radius 2 is 1.75 bits per heavy atom. The molecule has 0 bridgehead atoms. The van der Waals surface area contributed by atoms with E-state index in [0.29, 0.717) is 11.6 Å². The largest absolute Gasteiger partial charge is 0.311 e. The summed E-state index contributed by atoms with van der Waals surface area (Å²) in [4.78, 5) is 2.78. The Morgan fingerprint density at radius 1 is 1.12 bits per heavy atom. The van der Waals surface area contributed by atoms with E-state index in [-0.39, 0.29) is 0 Å². The third kappa shape index (κ3) is 2.78. The van der Waals surface area contributed by atoms with Crippen molar-refractivity contribution in [2.24, 2.45) is 0 Å². The van der Waals surface area contributed by atoms with Crippen LogP contribution >= 0.6 is 0 Å². The quantitative estimate of drug-likeness (QED) is 0.775. The predicted octanol–water partition coefficient (Wildman–Crippen LogP) is 3.03. The molecule has 1 aliphatic heterocycles. The molecule has 2 nitrogen and oxygen atoms in total. The van der Waals surface area contributed by atoms with E-state index >= 15 is 0 Å². The summed E-state index contributed by atoms with van der Waals surface area (Å²) in [5.74, 6) is 0. The van der Waals surface area contributed by atoms with Crippen molar-refractivity contribution < 1.29 is 0 Å². The SMILES string of the molecule is CCC1CN(C(C)(CC)CC)C(CC)CN1. The molecule has 0 aromatic carbocycles. The summed E-state index contributed by atoms with van der Waals surface area (Å²) in [6.07, 6.45) is 5.03. The molecular formula is C14H30N2. The van der Waals surface area contributed by atoms with E-state index in [1.54, 1.807) is 0 Å². The molecule has 0 aliphatic carbocycles. The van der Waals surface area contributed by atoms with Crippen LogP contribution in [0, 0.1) is 0 Å². The fraction of sp³-hybridized carbons (Fsp3) is 1.00. The van der Waals surface area contributed by atoms with Crippen LogP contribution in [-0.4, -0.2) is 35.6 Å². The minimum Gasteiger partial charge on any atom is -0.311 e. The van der Waals surface area contributed by atoms with Crippen LogP contribution in [0.4, 0.5) is 0 Å². The van der Waals surface area contributed by atoms with Gasteiger partial charge >= 0.3 is 0 Å². The molecule has 1 fully saturated rings. The fourth-order valence-electron chi connectivity index (χ4n) is 2.82. The van der Waals surface area contributed by atoms with Crippen LogP contribution in [0.2, 0.25) is 0 Å². The molecule has 1 N–H and O–H groups in total. The summed E-state index contributed by atoms with van der Waals surface area (Å²) in [5.41, 5.74) is 0.399. The molecule has 2 unspecified atom stereocenters. The minimum atomic E-state index is 0.399. The van der Waals surface area contributed by atoms with E-state index in [0.717, 1.165) is 6.04 Å². The Kier molecular flexibility index (Phi) is 5.26. The molecule has 96 valence electrons. The highest BCUT2D eigenvalue weighted by Crippen LogP contribution is 2.28. The molecule has 0 spiro atoms. The highest BCUT2D eigenvalue weighted by Gasteiger charge is 2.36. The first kappa shape index (κ1) is 14.0. The lowest BCUT2D eigenvalue weighted by Gasteiger charge is -2.50. The van der Waals surface area contributed by atoms with E-state index in [2.05, 4.69) is 44.8 Å². The Labute approximate surface area is 102 Å². The van der Waals surface area contributed by atoms with Gasteiger partial charge in [-0.1, -0.05) is 27.7 Å². The number of piperazine rings is 1. The first-order valence-electron chi connectivity index (χ1n) is 7.11. The number of hydrogen-bond donors (Lipinski definition) is 1. The van der Waals surface area contributed by atoms with Crippen LogP contribution < -0.4 is 5.32 Å². The second-order valence-electron chi connectivity index (χ2n) is 5.43. The molecule has 1 heterocycles. The molecule has 2 heteroatoms. The lowest BCUT2D eigenvalue weighted by atomic mass is 9.88. The minimum absolute atomic E-state index is 0.399. The maximum absolute atomic E-state index is 3.68. The molecular weight excluding hydrogens is 196 g/mol. The number of rotatable bonds is 5. The molecule has 0 amide bonds. The monoisotopic (exact) mass is 226 g/mol. The van der Waals surface area contributed by atoms with Gasteiger partial charge in [0.25, 0.3) is 0 Å². The van der Waals surface area contributed by atoms with Crippen molar-refractivity contribution in [3.05, 3.63) is 0 Å². The van der Waals surface area contributed by atoms with Crippen molar-refractivity contribution in [1.82, 2.24) is 10.2 Å². The van der Waals surface area contributed by atoms with Crippen molar-refractivity contribution in [3.63, 3.8) is 0 Å². The summed E-state index contributed by atoms with van der Waals surface area (Å²) < 4.78 is 0. The van der Waals surface area contributed by atoms with Gasteiger partial charge < -0.3 is 5.32 Å². The Morgan fingerprint density at radius 3 is 2.19 bits per heavy atom. The van der Waals surface area contributed by atoms with Crippen molar-refractivity contribution in [1.29, 1.82) is 0 Å². The van der Waals surface area contributed by atoms with E-state index in [1.807, 2.05) is 0 Å². The average Bonchev–Trinajstić information content (AvgIpc) is 2.37. The van der Waals surface area contributed by atoms with Crippen LogP contribution in [0.3, 0.4) is 0 Å². The molecule has 2 atom stereocenters. The van der Waals surface area contributed by atoms with Gasteiger partial charge in [0.05, 0.1) is 0 Å². The third-order valence-corrected chi connectivity index (χ3v) is 4.68. The molecule has 0 radical (unpaired) electrons. The zero-order valence-electron chi connectivity index (χ0n) is 11.8. The van der Waals surface area contributed by atoms with E-state index in [1.165, 1.54) is 38.8 Å². The summed E-state index contributed by atoms with van der Waals surface area (Å²) in [5, 5.41) is 3.68. The Bertz CT molecular complexity index is 199.